The maximum absolute atomic E-state index is 11.8. The number of carbonyl (C=O) groups is 1. The van der Waals surface area contributed by atoms with Crippen molar-refractivity contribution in [2.75, 3.05) is 27.2 Å². The topological polar surface area (TPSA) is 75.3 Å². The van der Waals surface area contributed by atoms with E-state index in [2.05, 4.69) is 21.9 Å². The molecule has 130 valence electrons. The van der Waals surface area contributed by atoms with Crippen LogP contribution in [0.2, 0.25) is 0 Å². The molecule has 1 aromatic heterocycles. The average molecular weight is 343 g/mol. The predicted octanol–water partition coefficient (Wildman–Crippen LogP) is 1.71. The van der Waals surface area contributed by atoms with Crippen LogP contribution in [0.3, 0.4) is 0 Å². The molecule has 9 heteroatoms. The minimum Gasteiger partial charge on any atom is -0.496 e. The Morgan fingerprint density at radius 1 is 1.38 bits per heavy atom. The van der Waals surface area contributed by atoms with Crippen molar-refractivity contribution in [3.05, 3.63) is 34.4 Å². The highest BCUT2D eigenvalue weighted by molar-refractivity contribution is 5.80. The van der Waals surface area contributed by atoms with E-state index in [0.717, 1.165) is 24.4 Å². The van der Waals surface area contributed by atoms with Crippen LogP contribution in [0, 0.1) is 0 Å². The van der Waals surface area contributed by atoms with Gasteiger partial charge in [-0.05, 0) is 13.1 Å². The van der Waals surface area contributed by atoms with Crippen molar-refractivity contribution in [3.63, 3.8) is 0 Å². The summed E-state index contributed by atoms with van der Waals surface area (Å²) in [5.41, 5.74) is 1.67. The van der Waals surface area contributed by atoms with Crippen LogP contribution in [0.25, 0.3) is 10.9 Å². The first kappa shape index (κ1) is 17.9. The Balaban J connectivity index is 0.000000301. The molecule has 0 atom stereocenters. The molecule has 1 aliphatic rings. The number of aromatic nitrogens is 2. The zero-order valence-electron chi connectivity index (χ0n) is 13.1. The van der Waals surface area contributed by atoms with E-state index in [-0.39, 0.29) is 5.56 Å². The summed E-state index contributed by atoms with van der Waals surface area (Å²) in [4.78, 5) is 29.5. The number of nitrogens with zero attached hydrogens (tertiary/aromatic N) is 2. The Kier molecular flexibility index (Phi) is 5.23. The Labute approximate surface area is 135 Å². The number of likely N-dealkylation sites (N-methyl/N-ethyl adjacent to an activating group) is 1. The van der Waals surface area contributed by atoms with Gasteiger partial charge < -0.3 is 14.6 Å². The molecular weight excluding hydrogens is 327 g/mol. The number of rotatable bonds is 2. The van der Waals surface area contributed by atoms with E-state index in [1.165, 1.54) is 6.33 Å². The third kappa shape index (κ3) is 4.10. The van der Waals surface area contributed by atoms with Gasteiger partial charge in [0, 0.05) is 30.6 Å². The number of hydrogen-bond donors (Lipinski definition) is 1. The Morgan fingerprint density at radius 2 is 2.00 bits per heavy atom. The van der Waals surface area contributed by atoms with Gasteiger partial charge in [0.05, 0.1) is 24.3 Å². The number of H-pyrrole nitrogens is 1. The van der Waals surface area contributed by atoms with E-state index >= 15 is 0 Å². The second kappa shape index (κ2) is 7.00. The molecule has 2 heterocycles. The summed E-state index contributed by atoms with van der Waals surface area (Å²) in [6, 6.07) is 3.76. The van der Waals surface area contributed by atoms with Crippen molar-refractivity contribution in [3.8, 4) is 5.75 Å². The van der Waals surface area contributed by atoms with Crippen LogP contribution in [0.4, 0.5) is 13.2 Å². The largest absolute Gasteiger partial charge is 0.496 e. The molecule has 1 saturated heterocycles. The molecule has 24 heavy (non-hydrogen) atoms. The Hall–Kier alpha value is -2.42. The van der Waals surface area contributed by atoms with Crippen LogP contribution < -0.4 is 10.3 Å². The van der Waals surface area contributed by atoms with Crippen molar-refractivity contribution in [1.82, 2.24) is 14.9 Å². The Morgan fingerprint density at radius 3 is 2.50 bits per heavy atom. The number of nitrogens with one attached hydrogen (secondary N) is 1. The first-order valence-corrected chi connectivity index (χ1v) is 7.02. The molecular formula is C15H16F3N3O3. The molecule has 0 amide bonds. The summed E-state index contributed by atoms with van der Waals surface area (Å²) >= 11 is 0. The van der Waals surface area contributed by atoms with Crippen molar-refractivity contribution in [2.45, 2.75) is 12.1 Å². The van der Waals surface area contributed by atoms with Crippen LogP contribution in [-0.2, 0) is 4.79 Å². The highest BCUT2D eigenvalue weighted by Crippen LogP contribution is 2.34. The number of fused-ring (bicyclic) bond motifs is 1. The molecule has 3 rings (SSSR count). The van der Waals surface area contributed by atoms with E-state index in [0.29, 0.717) is 16.8 Å². The van der Waals surface area contributed by atoms with Crippen LogP contribution in [0.5, 0.6) is 5.75 Å². The molecule has 6 nitrogen and oxygen atoms in total. The van der Waals surface area contributed by atoms with Crippen molar-refractivity contribution in [1.29, 1.82) is 0 Å². The van der Waals surface area contributed by atoms with Gasteiger partial charge in [-0.25, -0.2) is 4.98 Å². The number of carbonyl (C=O) groups excluding carboxylic acids is 1. The van der Waals surface area contributed by atoms with Crippen molar-refractivity contribution in [2.24, 2.45) is 0 Å². The van der Waals surface area contributed by atoms with E-state index in [9.17, 15) is 18.0 Å². The summed E-state index contributed by atoms with van der Waals surface area (Å²) in [6.45, 7) is 2.00. The highest BCUT2D eigenvalue weighted by atomic mass is 19.4. The Bertz CT molecular complexity index is 783. The molecule has 1 N–H and O–H groups in total. The van der Waals surface area contributed by atoms with E-state index in [1.54, 1.807) is 7.11 Å². The zero-order valence-corrected chi connectivity index (χ0v) is 13.1. The van der Waals surface area contributed by atoms with Gasteiger partial charge in [0.25, 0.3) is 5.56 Å². The van der Waals surface area contributed by atoms with Crippen molar-refractivity contribution >= 4 is 17.2 Å². The molecule has 1 aromatic carbocycles. The standard InChI is InChI=1S/C13H15N3O2.C2HF3O/c1-16-5-8(6-16)9-3-10-11(4-12(9)18-2)14-7-15-13(10)17;3-2(4,5)1-6/h3-4,7-8H,5-6H2,1-2H3,(H,14,15,17);1H. The van der Waals surface area contributed by atoms with Gasteiger partial charge in [-0.15, -0.1) is 0 Å². The number of ether oxygens (including phenoxy) is 1. The molecule has 0 unspecified atom stereocenters. The van der Waals surface area contributed by atoms with Crippen LogP contribution in [-0.4, -0.2) is 54.6 Å². The third-order valence-corrected chi connectivity index (χ3v) is 3.63. The van der Waals surface area contributed by atoms with Gasteiger partial charge in [-0.1, -0.05) is 0 Å². The minimum absolute atomic E-state index is 0.100. The number of alkyl halides is 3. The number of halogens is 3. The summed E-state index contributed by atoms with van der Waals surface area (Å²) in [6.07, 6.45) is -4.28. The molecule has 1 aliphatic heterocycles. The lowest BCUT2D eigenvalue weighted by atomic mass is 9.90. The molecule has 0 aliphatic carbocycles. The summed E-state index contributed by atoms with van der Waals surface area (Å²) in [5, 5.41) is 0.628. The highest BCUT2D eigenvalue weighted by Gasteiger charge is 2.28. The lowest BCUT2D eigenvalue weighted by Gasteiger charge is -2.37. The fraction of sp³-hybridized carbons (Fsp3) is 0.400. The van der Waals surface area contributed by atoms with E-state index in [1.807, 2.05) is 12.1 Å². The normalized spacial score (nSPS) is 15.4. The van der Waals surface area contributed by atoms with Crippen molar-refractivity contribution < 1.29 is 22.7 Å². The van der Waals surface area contributed by atoms with Crippen LogP contribution >= 0.6 is 0 Å². The molecule has 2 aromatic rings. The second-order valence-corrected chi connectivity index (χ2v) is 5.42. The maximum Gasteiger partial charge on any atom is 0.446 e. The quantitative estimate of drug-likeness (QED) is 0.840. The smallest absolute Gasteiger partial charge is 0.446 e. The molecule has 0 spiro atoms. The summed E-state index contributed by atoms with van der Waals surface area (Å²) in [7, 11) is 3.73. The number of hydrogen-bond acceptors (Lipinski definition) is 5. The minimum atomic E-state index is -4.64. The van der Waals surface area contributed by atoms with Gasteiger partial charge in [-0.2, -0.15) is 13.2 Å². The fourth-order valence-corrected chi connectivity index (χ4v) is 2.50. The lowest BCUT2D eigenvalue weighted by Crippen LogP contribution is -2.41. The third-order valence-electron chi connectivity index (χ3n) is 3.63. The van der Waals surface area contributed by atoms with Gasteiger partial charge in [0.2, 0.25) is 6.29 Å². The van der Waals surface area contributed by atoms with Gasteiger partial charge in [0.1, 0.15) is 5.75 Å². The van der Waals surface area contributed by atoms with Crippen LogP contribution in [0.1, 0.15) is 11.5 Å². The number of aromatic amines is 1. The molecule has 0 radical (unpaired) electrons. The second-order valence-electron chi connectivity index (χ2n) is 5.42. The van der Waals surface area contributed by atoms with Gasteiger partial charge >= 0.3 is 6.18 Å². The number of benzene rings is 1. The first-order chi connectivity index (χ1) is 11.2. The lowest BCUT2D eigenvalue weighted by molar-refractivity contribution is -0.156. The predicted molar refractivity (Wildman–Crippen MR) is 81.3 cm³/mol. The van der Waals surface area contributed by atoms with E-state index < -0.39 is 12.5 Å². The summed E-state index contributed by atoms with van der Waals surface area (Å²) < 4.78 is 36.7. The average Bonchev–Trinajstić information content (AvgIpc) is 2.51. The molecule has 0 saturated carbocycles. The zero-order chi connectivity index (χ0) is 17.9. The van der Waals surface area contributed by atoms with E-state index in [4.69, 9.17) is 9.53 Å². The number of methoxy groups -OCH3 is 1. The SMILES string of the molecule is COc1cc2nc[nH]c(=O)c2cc1C1CN(C)C1.O=CC(F)(F)F. The fourth-order valence-electron chi connectivity index (χ4n) is 2.50. The summed E-state index contributed by atoms with van der Waals surface area (Å²) in [5.74, 6) is 1.26. The number of aldehydes is 1. The maximum atomic E-state index is 11.8. The first-order valence-electron chi connectivity index (χ1n) is 7.02. The molecule has 1 fully saturated rings. The van der Waals surface area contributed by atoms with Gasteiger partial charge in [-0.3, -0.25) is 9.59 Å². The van der Waals surface area contributed by atoms with Gasteiger partial charge in [0.15, 0.2) is 0 Å². The monoisotopic (exact) mass is 343 g/mol. The number of likely N-dealkylation sites (tertiary alicyclic amines) is 1. The van der Waals surface area contributed by atoms with Crippen LogP contribution in [0.15, 0.2) is 23.3 Å². The molecule has 0 bridgehead atoms.